The fraction of sp³-hybridized carbons (Fsp3) is 0.786. The fourth-order valence-corrected chi connectivity index (χ4v) is 3.33. The molecule has 88 valence electrons. The van der Waals surface area contributed by atoms with Crippen molar-refractivity contribution in [3.05, 3.63) is 0 Å². The molecular formula is C14H21NO. The van der Waals surface area contributed by atoms with Crippen LogP contribution in [-0.4, -0.2) is 12.5 Å². The topological polar surface area (TPSA) is 29.1 Å². The van der Waals surface area contributed by atoms with Crippen LogP contribution in [0.2, 0.25) is 0 Å². The maximum Gasteiger partial charge on any atom is 0.220 e. The molecule has 2 aliphatic carbocycles. The molecule has 0 saturated heterocycles. The first-order valence-corrected chi connectivity index (χ1v) is 6.46. The van der Waals surface area contributed by atoms with E-state index in [1.807, 2.05) is 6.92 Å². The van der Waals surface area contributed by atoms with E-state index in [1.54, 1.807) is 0 Å². The van der Waals surface area contributed by atoms with Crippen molar-refractivity contribution in [2.45, 2.75) is 45.4 Å². The van der Waals surface area contributed by atoms with Crippen molar-refractivity contribution in [1.29, 1.82) is 0 Å². The average molecular weight is 219 g/mol. The van der Waals surface area contributed by atoms with Crippen LogP contribution in [0.1, 0.15) is 45.4 Å². The van der Waals surface area contributed by atoms with Crippen molar-refractivity contribution in [1.82, 2.24) is 5.32 Å². The maximum atomic E-state index is 11.7. The van der Waals surface area contributed by atoms with E-state index in [2.05, 4.69) is 17.2 Å². The molecule has 2 aliphatic rings. The molecule has 3 atom stereocenters. The van der Waals surface area contributed by atoms with Crippen LogP contribution in [0.4, 0.5) is 0 Å². The van der Waals surface area contributed by atoms with Crippen LogP contribution in [0, 0.1) is 29.6 Å². The molecule has 0 aliphatic heterocycles. The minimum Gasteiger partial charge on any atom is -0.355 e. The van der Waals surface area contributed by atoms with Gasteiger partial charge in [0, 0.05) is 19.4 Å². The van der Waals surface area contributed by atoms with Gasteiger partial charge in [0.25, 0.3) is 0 Å². The Bertz CT molecular complexity index is 312. The van der Waals surface area contributed by atoms with Gasteiger partial charge >= 0.3 is 0 Å². The Morgan fingerprint density at radius 1 is 1.38 bits per heavy atom. The van der Waals surface area contributed by atoms with E-state index < -0.39 is 0 Å². The summed E-state index contributed by atoms with van der Waals surface area (Å²) < 4.78 is 0. The zero-order valence-corrected chi connectivity index (χ0v) is 10.1. The van der Waals surface area contributed by atoms with Crippen LogP contribution in [-0.2, 0) is 4.79 Å². The van der Waals surface area contributed by atoms with E-state index in [1.165, 1.54) is 25.7 Å². The number of carbonyl (C=O) groups excluding carboxylic acids is 1. The Morgan fingerprint density at radius 2 is 2.25 bits per heavy atom. The molecule has 0 unspecified atom stereocenters. The third-order valence-electron chi connectivity index (χ3n) is 4.08. The van der Waals surface area contributed by atoms with Gasteiger partial charge in [-0.15, -0.1) is 11.8 Å². The monoisotopic (exact) mass is 219 g/mol. The van der Waals surface area contributed by atoms with E-state index in [9.17, 15) is 4.79 Å². The summed E-state index contributed by atoms with van der Waals surface area (Å²) in [6.07, 6.45) is 6.99. The second-order valence-corrected chi connectivity index (χ2v) is 5.17. The number of nitrogens with one attached hydrogen (secondary N) is 1. The molecule has 0 aromatic carbocycles. The molecule has 1 N–H and O–H groups in total. The zero-order chi connectivity index (χ0) is 11.4. The van der Waals surface area contributed by atoms with Crippen LogP contribution >= 0.6 is 0 Å². The smallest absolute Gasteiger partial charge is 0.220 e. The van der Waals surface area contributed by atoms with Gasteiger partial charge < -0.3 is 5.32 Å². The first-order valence-electron chi connectivity index (χ1n) is 6.46. The van der Waals surface area contributed by atoms with E-state index >= 15 is 0 Å². The maximum absolute atomic E-state index is 11.7. The van der Waals surface area contributed by atoms with Crippen molar-refractivity contribution in [2.75, 3.05) is 6.54 Å². The molecule has 2 rings (SSSR count). The normalized spacial score (nSPS) is 30.9. The molecule has 0 spiro atoms. The molecule has 2 bridgehead atoms. The van der Waals surface area contributed by atoms with E-state index in [0.717, 1.165) is 24.7 Å². The second-order valence-electron chi connectivity index (χ2n) is 5.17. The molecule has 0 radical (unpaired) electrons. The van der Waals surface area contributed by atoms with Gasteiger partial charge in [-0.25, -0.2) is 0 Å². The average Bonchev–Trinajstić information content (AvgIpc) is 2.86. The lowest BCUT2D eigenvalue weighted by Crippen LogP contribution is -2.27. The summed E-state index contributed by atoms with van der Waals surface area (Å²) in [6, 6.07) is 0. The summed E-state index contributed by atoms with van der Waals surface area (Å²) >= 11 is 0. The Kier molecular flexibility index (Phi) is 3.88. The summed E-state index contributed by atoms with van der Waals surface area (Å²) in [6.45, 7) is 2.54. The summed E-state index contributed by atoms with van der Waals surface area (Å²) in [5.41, 5.74) is 0. The molecule has 1 amide bonds. The fourth-order valence-electron chi connectivity index (χ4n) is 3.33. The lowest BCUT2D eigenvalue weighted by atomic mass is 9.86. The molecule has 2 saturated carbocycles. The zero-order valence-electron chi connectivity index (χ0n) is 10.1. The van der Waals surface area contributed by atoms with Crippen molar-refractivity contribution in [3.8, 4) is 11.8 Å². The molecule has 0 aromatic heterocycles. The minimum atomic E-state index is 0.232. The highest BCUT2D eigenvalue weighted by Crippen LogP contribution is 2.49. The molecule has 0 heterocycles. The third kappa shape index (κ3) is 2.78. The van der Waals surface area contributed by atoms with E-state index in [0.29, 0.717) is 12.5 Å². The van der Waals surface area contributed by atoms with E-state index in [4.69, 9.17) is 0 Å². The molecular weight excluding hydrogens is 198 g/mol. The minimum absolute atomic E-state index is 0.232. The Hall–Kier alpha value is -0.970. The van der Waals surface area contributed by atoms with Gasteiger partial charge in [-0.1, -0.05) is 6.42 Å². The quantitative estimate of drug-likeness (QED) is 0.570. The van der Waals surface area contributed by atoms with Crippen molar-refractivity contribution >= 4 is 5.91 Å². The van der Waals surface area contributed by atoms with Gasteiger partial charge in [-0.2, -0.15) is 0 Å². The van der Waals surface area contributed by atoms with Crippen LogP contribution in [0.25, 0.3) is 0 Å². The molecule has 2 heteroatoms. The molecule has 0 aromatic rings. The Labute approximate surface area is 98.2 Å². The largest absolute Gasteiger partial charge is 0.355 e. The van der Waals surface area contributed by atoms with Crippen molar-refractivity contribution < 1.29 is 4.79 Å². The first kappa shape index (κ1) is 11.5. The van der Waals surface area contributed by atoms with Crippen molar-refractivity contribution in [2.24, 2.45) is 17.8 Å². The SMILES string of the molecule is CC#CCCNC(=O)C[C@@H]1C[C@H]2CC[C@H]1C2. The molecule has 2 nitrogen and oxygen atoms in total. The standard InChI is InChI=1S/C14H21NO/c1-2-3-4-7-15-14(16)10-13-9-11-5-6-12(13)8-11/h11-13H,4-10H2,1H3,(H,15,16)/t11-,12-,13-/m0/s1. The highest BCUT2D eigenvalue weighted by Gasteiger charge is 2.39. The van der Waals surface area contributed by atoms with Crippen LogP contribution in [0.5, 0.6) is 0 Å². The number of rotatable bonds is 4. The number of amides is 1. The summed E-state index contributed by atoms with van der Waals surface area (Å²) in [5, 5.41) is 2.96. The second kappa shape index (κ2) is 5.39. The van der Waals surface area contributed by atoms with Gasteiger partial charge in [-0.05, 0) is 43.9 Å². The lowest BCUT2D eigenvalue weighted by molar-refractivity contribution is -0.122. The van der Waals surface area contributed by atoms with E-state index in [-0.39, 0.29) is 5.91 Å². The number of hydrogen-bond acceptors (Lipinski definition) is 1. The first-order chi connectivity index (χ1) is 7.79. The van der Waals surface area contributed by atoms with Crippen LogP contribution in [0.3, 0.4) is 0 Å². The summed E-state index contributed by atoms with van der Waals surface area (Å²) in [4.78, 5) is 11.7. The van der Waals surface area contributed by atoms with Gasteiger partial charge in [-0.3, -0.25) is 4.79 Å². The van der Waals surface area contributed by atoms with Gasteiger partial charge in [0.05, 0.1) is 0 Å². The lowest BCUT2D eigenvalue weighted by Gasteiger charge is -2.20. The summed E-state index contributed by atoms with van der Waals surface area (Å²) in [7, 11) is 0. The van der Waals surface area contributed by atoms with Crippen molar-refractivity contribution in [3.63, 3.8) is 0 Å². The predicted octanol–water partition coefficient (Wildman–Crippen LogP) is 2.34. The molecule has 2 fully saturated rings. The number of fused-ring (bicyclic) bond motifs is 2. The van der Waals surface area contributed by atoms with Gasteiger partial charge in [0.1, 0.15) is 0 Å². The highest BCUT2D eigenvalue weighted by atomic mass is 16.1. The third-order valence-corrected chi connectivity index (χ3v) is 4.08. The van der Waals surface area contributed by atoms with Gasteiger partial charge in [0.2, 0.25) is 5.91 Å². The number of carbonyl (C=O) groups is 1. The Balaban J connectivity index is 1.65. The highest BCUT2D eigenvalue weighted by molar-refractivity contribution is 5.76. The van der Waals surface area contributed by atoms with Crippen LogP contribution < -0.4 is 5.32 Å². The van der Waals surface area contributed by atoms with Crippen LogP contribution in [0.15, 0.2) is 0 Å². The molecule has 16 heavy (non-hydrogen) atoms. The predicted molar refractivity (Wildman–Crippen MR) is 64.6 cm³/mol. The Morgan fingerprint density at radius 3 is 2.88 bits per heavy atom. The number of hydrogen-bond donors (Lipinski definition) is 1. The summed E-state index contributed by atoms with van der Waals surface area (Å²) in [5.74, 6) is 8.50. The van der Waals surface area contributed by atoms with Gasteiger partial charge in [0.15, 0.2) is 0 Å².